The average molecular weight is 264 g/mol. The Hall–Kier alpha value is -1.69. The summed E-state index contributed by atoms with van der Waals surface area (Å²) in [4.78, 5) is 12.7. The van der Waals surface area contributed by atoms with Gasteiger partial charge in [0, 0.05) is 4.88 Å². The number of fused-ring (bicyclic) bond motifs is 1. The van der Waals surface area contributed by atoms with E-state index in [4.69, 9.17) is 4.42 Å². The summed E-state index contributed by atoms with van der Waals surface area (Å²) < 4.78 is 9.97. The van der Waals surface area contributed by atoms with Gasteiger partial charge in [0.05, 0.1) is 13.0 Å². The Morgan fingerprint density at radius 1 is 1.56 bits per heavy atom. The zero-order valence-electron chi connectivity index (χ0n) is 9.88. The van der Waals surface area contributed by atoms with E-state index in [-0.39, 0.29) is 11.8 Å². The second kappa shape index (κ2) is 4.53. The molecule has 1 unspecified atom stereocenters. The van der Waals surface area contributed by atoms with E-state index in [0.29, 0.717) is 5.89 Å². The number of nitrogens with zero attached hydrogens (tertiary/aromatic N) is 2. The van der Waals surface area contributed by atoms with Crippen LogP contribution < -0.4 is 0 Å². The van der Waals surface area contributed by atoms with Gasteiger partial charge in [0.25, 0.3) is 0 Å². The van der Waals surface area contributed by atoms with Crippen LogP contribution in [0.15, 0.2) is 15.9 Å². The number of hydrogen-bond acceptors (Lipinski definition) is 6. The summed E-state index contributed by atoms with van der Waals surface area (Å²) in [5, 5.41) is 9.79. The summed E-state index contributed by atoms with van der Waals surface area (Å²) in [7, 11) is 1.30. The Morgan fingerprint density at radius 3 is 3.28 bits per heavy atom. The van der Waals surface area contributed by atoms with Crippen molar-refractivity contribution >= 4 is 17.3 Å². The summed E-state index contributed by atoms with van der Waals surface area (Å²) in [6.45, 7) is 0. The molecule has 5 nitrogen and oxygen atoms in total. The highest BCUT2D eigenvalue weighted by Gasteiger charge is 2.28. The molecule has 3 rings (SSSR count). The van der Waals surface area contributed by atoms with E-state index in [9.17, 15) is 4.79 Å². The zero-order chi connectivity index (χ0) is 12.5. The van der Waals surface area contributed by atoms with Gasteiger partial charge in [0.15, 0.2) is 0 Å². The van der Waals surface area contributed by atoms with E-state index in [1.165, 1.54) is 17.6 Å². The van der Waals surface area contributed by atoms with Crippen molar-refractivity contribution in [2.75, 3.05) is 7.11 Å². The normalized spacial score (nSPS) is 18.4. The fourth-order valence-electron chi connectivity index (χ4n) is 2.29. The SMILES string of the molecule is COC(=O)c1nnc(C2CCCc3sccc32)o1. The van der Waals surface area contributed by atoms with Gasteiger partial charge in [-0.1, -0.05) is 0 Å². The number of methoxy groups -OCH3 is 1. The maximum atomic E-state index is 11.3. The van der Waals surface area contributed by atoms with Gasteiger partial charge >= 0.3 is 11.9 Å². The zero-order valence-corrected chi connectivity index (χ0v) is 10.7. The maximum absolute atomic E-state index is 11.3. The molecule has 6 heteroatoms. The third-order valence-electron chi connectivity index (χ3n) is 3.15. The number of aryl methyl sites for hydroxylation is 1. The fraction of sp³-hybridized carbons (Fsp3) is 0.417. The van der Waals surface area contributed by atoms with Crippen molar-refractivity contribution in [3.8, 4) is 0 Å². The molecule has 0 fully saturated rings. The highest BCUT2D eigenvalue weighted by molar-refractivity contribution is 7.10. The molecule has 0 N–H and O–H groups in total. The topological polar surface area (TPSA) is 65.2 Å². The van der Waals surface area contributed by atoms with E-state index in [0.717, 1.165) is 19.3 Å². The summed E-state index contributed by atoms with van der Waals surface area (Å²) in [5.74, 6) is -0.0365. The van der Waals surface area contributed by atoms with Crippen LogP contribution in [0.2, 0.25) is 0 Å². The summed E-state index contributed by atoms with van der Waals surface area (Å²) in [6.07, 6.45) is 3.20. The van der Waals surface area contributed by atoms with Crippen molar-refractivity contribution in [1.82, 2.24) is 10.2 Å². The van der Waals surface area contributed by atoms with Gasteiger partial charge in [-0.15, -0.1) is 21.5 Å². The van der Waals surface area contributed by atoms with Crippen molar-refractivity contribution in [1.29, 1.82) is 0 Å². The van der Waals surface area contributed by atoms with Gasteiger partial charge in [-0.3, -0.25) is 0 Å². The van der Waals surface area contributed by atoms with Crippen molar-refractivity contribution in [3.63, 3.8) is 0 Å². The highest BCUT2D eigenvalue weighted by atomic mass is 32.1. The van der Waals surface area contributed by atoms with Crippen molar-refractivity contribution in [3.05, 3.63) is 33.7 Å². The molecule has 0 amide bonds. The van der Waals surface area contributed by atoms with Crippen LogP contribution in [0.1, 0.15) is 45.8 Å². The first-order chi connectivity index (χ1) is 8.79. The molecule has 94 valence electrons. The Morgan fingerprint density at radius 2 is 2.44 bits per heavy atom. The molecule has 1 aliphatic carbocycles. The third-order valence-corrected chi connectivity index (χ3v) is 4.15. The summed E-state index contributed by atoms with van der Waals surface area (Å²) in [6, 6.07) is 2.10. The van der Waals surface area contributed by atoms with Crippen LogP contribution in [0, 0.1) is 0 Å². The molecule has 1 aliphatic rings. The number of esters is 1. The second-order valence-corrected chi connectivity index (χ2v) is 5.18. The lowest BCUT2D eigenvalue weighted by molar-refractivity contribution is 0.0553. The molecule has 0 bridgehead atoms. The van der Waals surface area contributed by atoms with Crippen LogP contribution in [0.3, 0.4) is 0 Å². The number of hydrogen-bond donors (Lipinski definition) is 0. The van der Waals surface area contributed by atoms with Gasteiger partial charge in [0.2, 0.25) is 5.89 Å². The van der Waals surface area contributed by atoms with Crippen molar-refractivity contribution in [2.24, 2.45) is 0 Å². The Bertz CT molecular complexity index is 575. The first-order valence-corrected chi connectivity index (χ1v) is 6.65. The fourth-order valence-corrected chi connectivity index (χ4v) is 3.28. The number of aromatic nitrogens is 2. The molecular formula is C12H12N2O3S. The number of rotatable bonds is 2. The number of carbonyl (C=O) groups excluding carboxylic acids is 1. The Kier molecular flexibility index (Phi) is 2.87. The molecule has 1 atom stereocenters. The summed E-state index contributed by atoms with van der Waals surface area (Å²) >= 11 is 1.76. The predicted molar refractivity (Wildman–Crippen MR) is 64.7 cm³/mol. The van der Waals surface area contributed by atoms with Crippen LogP contribution in [0.25, 0.3) is 0 Å². The second-order valence-electron chi connectivity index (χ2n) is 4.18. The van der Waals surface area contributed by atoms with Crippen LogP contribution in [-0.2, 0) is 11.2 Å². The molecule has 0 radical (unpaired) electrons. The standard InChI is InChI=1S/C12H12N2O3S/c1-16-12(15)11-14-13-10(17-11)8-3-2-4-9-7(8)5-6-18-9/h5-6,8H,2-4H2,1H3. The monoisotopic (exact) mass is 264 g/mol. The highest BCUT2D eigenvalue weighted by Crippen LogP contribution is 2.38. The molecule has 2 heterocycles. The molecule has 2 aromatic heterocycles. The number of carbonyl (C=O) groups is 1. The first-order valence-electron chi connectivity index (χ1n) is 5.77. The van der Waals surface area contributed by atoms with Crippen LogP contribution >= 0.6 is 11.3 Å². The lowest BCUT2D eigenvalue weighted by atomic mass is 9.88. The van der Waals surface area contributed by atoms with E-state index in [1.54, 1.807) is 11.3 Å². The van der Waals surface area contributed by atoms with E-state index in [1.807, 2.05) is 0 Å². The predicted octanol–water partition coefficient (Wildman–Crippen LogP) is 2.39. The lowest BCUT2D eigenvalue weighted by Crippen LogP contribution is -2.08. The van der Waals surface area contributed by atoms with E-state index < -0.39 is 5.97 Å². The molecule has 2 aromatic rings. The van der Waals surface area contributed by atoms with Gasteiger partial charge < -0.3 is 9.15 Å². The molecular weight excluding hydrogens is 252 g/mol. The Labute approximate surface area is 108 Å². The van der Waals surface area contributed by atoms with Crippen molar-refractivity contribution in [2.45, 2.75) is 25.2 Å². The number of thiophene rings is 1. The van der Waals surface area contributed by atoms with Crippen LogP contribution in [0.4, 0.5) is 0 Å². The summed E-state index contributed by atoms with van der Waals surface area (Å²) in [5.41, 5.74) is 1.26. The molecule has 18 heavy (non-hydrogen) atoms. The molecule has 0 saturated heterocycles. The number of ether oxygens (including phenoxy) is 1. The Balaban J connectivity index is 1.93. The van der Waals surface area contributed by atoms with Gasteiger partial charge in [-0.2, -0.15) is 0 Å². The van der Waals surface area contributed by atoms with E-state index in [2.05, 4.69) is 26.4 Å². The van der Waals surface area contributed by atoms with Crippen molar-refractivity contribution < 1.29 is 13.9 Å². The first kappa shape index (κ1) is 11.4. The average Bonchev–Trinajstić information content (AvgIpc) is 3.05. The molecule has 0 aliphatic heterocycles. The van der Waals surface area contributed by atoms with Gasteiger partial charge in [-0.25, -0.2) is 4.79 Å². The quantitative estimate of drug-likeness (QED) is 0.779. The van der Waals surface area contributed by atoms with Crippen LogP contribution in [-0.4, -0.2) is 23.3 Å². The molecule has 0 spiro atoms. The smallest absolute Gasteiger partial charge is 0.396 e. The minimum absolute atomic E-state index is 0.0742. The molecule has 0 saturated carbocycles. The van der Waals surface area contributed by atoms with Crippen LogP contribution in [0.5, 0.6) is 0 Å². The van der Waals surface area contributed by atoms with Gasteiger partial charge in [0.1, 0.15) is 0 Å². The largest absolute Gasteiger partial charge is 0.462 e. The van der Waals surface area contributed by atoms with E-state index >= 15 is 0 Å². The van der Waals surface area contributed by atoms with Gasteiger partial charge in [-0.05, 0) is 36.3 Å². The lowest BCUT2D eigenvalue weighted by Gasteiger charge is -2.18. The third kappa shape index (κ3) is 1.82. The minimum atomic E-state index is -0.588. The molecule has 0 aromatic carbocycles. The maximum Gasteiger partial charge on any atom is 0.396 e. The minimum Gasteiger partial charge on any atom is -0.462 e.